The minimum atomic E-state index is -1.90. The maximum absolute atomic E-state index is 13.0. The maximum Gasteiger partial charge on any atom is 0.335 e. The third-order valence-corrected chi connectivity index (χ3v) is 12.2. The zero-order valence-corrected chi connectivity index (χ0v) is 42.4. The lowest BCUT2D eigenvalue weighted by atomic mass is 9.98. The molecule has 3 N–H and O–H groups in total. The van der Waals surface area contributed by atoms with Gasteiger partial charge in [-0.15, -0.1) is 0 Å². The lowest BCUT2D eigenvalue weighted by molar-refractivity contribution is -0.301. The molecular weight excluding hydrogens is 853 g/mol. The van der Waals surface area contributed by atoms with Crippen LogP contribution >= 0.6 is 0 Å². The standard InChI is InChI=1S/C55H96O12/c1-4-7-10-13-16-19-22-23-24-25-28-31-34-37-40-43-49(58)66-53-51(60)50(59)52(54(61)62)67-55(53)64-45-46(65-48(57)42-39-36-33-30-27-21-18-15-12-9-6-3)44-63-47(56)41-38-35-32-29-26-20-17-14-11-8-5-2/h14-15,17-18,23-24,46,50-53,55,59-60H,4-13,16,19-22,25-45H2,1-3H3,(H,61,62)/b17-14-,18-15-,24-23-. The highest BCUT2D eigenvalue weighted by atomic mass is 16.7. The van der Waals surface area contributed by atoms with Crippen LogP contribution in [0.1, 0.15) is 239 Å². The summed E-state index contributed by atoms with van der Waals surface area (Å²) in [5, 5.41) is 31.3. The van der Waals surface area contributed by atoms with Gasteiger partial charge in [-0.1, -0.05) is 173 Å². The first-order chi connectivity index (χ1) is 32.6. The number of allylic oxidation sites excluding steroid dienone is 6. The average molecular weight is 949 g/mol. The Morgan fingerprint density at radius 3 is 1.31 bits per heavy atom. The molecule has 6 atom stereocenters. The van der Waals surface area contributed by atoms with Crippen LogP contribution in [0.2, 0.25) is 0 Å². The highest BCUT2D eigenvalue weighted by Gasteiger charge is 2.50. The highest BCUT2D eigenvalue weighted by molar-refractivity contribution is 5.74. The summed E-state index contributed by atoms with van der Waals surface area (Å²) in [4.78, 5) is 50.8. The zero-order valence-electron chi connectivity index (χ0n) is 42.4. The summed E-state index contributed by atoms with van der Waals surface area (Å²) in [6.45, 7) is 5.87. The molecule has 0 amide bonds. The molecule has 12 nitrogen and oxygen atoms in total. The van der Waals surface area contributed by atoms with E-state index in [9.17, 15) is 34.5 Å². The number of rotatable bonds is 45. The fourth-order valence-corrected chi connectivity index (χ4v) is 7.91. The highest BCUT2D eigenvalue weighted by Crippen LogP contribution is 2.26. The summed E-state index contributed by atoms with van der Waals surface area (Å²) >= 11 is 0. The first-order valence-corrected chi connectivity index (χ1v) is 27.0. The van der Waals surface area contributed by atoms with Crippen LogP contribution in [0.4, 0.5) is 0 Å². The molecule has 1 aliphatic heterocycles. The number of unbranched alkanes of at least 4 members (excludes halogenated alkanes) is 25. The molecule has 0 radical (unpaired) electrons. The molecule has 0 aromatic carbocycles. The van der Waals surface area contributed by atoms with Gasteiger partial charge >= 0.3 is 23.9 Å². The second-order valence-electron chi connectivity index (χ2n) is 18.5. The van der Waals surface area contributed by atoms with Crippen molar-refractivity contribution >= 4 is 23.9 Å². The van der Waals surface area contributed by atoms with Crippen molar-refractivity contribution in [3.05, 3.63) is 36.5 Å². The van der Waals surface area contributed by atoms with Crippen molar-refractivity contribution in [2.24, 2.45) is 0 Å². The van der Waals surface area contributed by atoms with Gasteiger partial charge in [0.2, 0.25) is 0 Å². The topological polar surface area (TPSA) is 175 Å². The number of aliphatic hydroxyl groups is 2. The molecule has 1 heterocycles. The van der Waals surface area contributed by atoms with Crippen LogP contribution < -0.4 is 0 Å². The molecule has 0 spiro atoms. The van der Waals surface area contributed by atoms with E-state index < -0.39 is 67.3 Å². The Bertz CT molecular complexity index is 1310. The van der Waals surface area contributed by atoms with E-state index in [-0.39, 0.29) is 25.9 Å². The van der Waals surface area contributed by atoms with Crippen LogP contribution in [0.5, 0.6) is 0 Å². The van der Waals surface area contributed by atoms with E-state index >= 15 is 0 Å². The van der Waals surface area contributed by atoms with Gasteiger partial charge in [-0.2, -0.15) is 0 Å². The molecule has 0 aromatic heterocycles. The lowest BCUT2D eigenvalue weighted by Crippen LogP contribution is -2.61. The van der Waals surface area contributed by atoms with Crippen molar-refractivity contribution in [3.63, 3.8) is 0 Å². The van der Waals surface area contributed by atoms with Crippen LogP contribution in [0.3, 0.4) is 0 Å². The Hall–Kier alpha value is -3.06. The van der Waals surface area contributed by atoms with Gasteiger partial charge in [-0.05, 0) is 83.5 Å². The van der Waals surface area contributed by atoms with Crippen molar-refractivity contribution < 1.29 is 58.2 Å². The van der Waals surface area contributed by atoms with Gasteiger partial charge in [0.1, 0.15) is 18.8 Å². The number of ether oxygens (including phenoxy) is 5. The summed E-state index contributed by atoms with van der Waals surface area (Å²) in [6.07, 6.45) is 37.0. The molecule has 12 heteroatoms. The summed E-state index contributed by atoms with van der Waals surface area (Å²) in [6, 6.07) is 0. The second kappa shape index (κ2) is 44.2. The first kappa shape index (κ1) is 62.0. The molecule has 0 aromatic rings. The number of aliphatic carboxylic acids is 1. The molecule has 0 saturated carbocycles. The van der Waals surface area contributed by atoms with E-state index in [2.05, 4.69) is 57.2 Å². The summed E-state index contributed by atoms with van der Waals surface area (Å²) in [5.74, 6) is -3.15. The van der Waals surface area contributed by atoms with Crippen molar-refractivity contribution in [2.75, 3.05) is 13.2 Å². The van der Waals surface area contributed by atoms with Crippen molar-refractivity contribution in [2.45, 2.75) is 276 Å². The average Bonchev–Trinajstić information content (AvgIpc) is 3.31. The molecule has 388 valence electrons. The monoisotopic (exact) mass is 949 g/mol. The quantitative estimate of drug-likeness (QED) is 0.0228. The Morgan fingerprint density at radius 2 is 0.866 bits per heavy atom. The lowest BCUT2D eigenvalue weighted by Gasteiger charge is -2.40. The van der Waals surface area contributed by atoms with E-state index in [1.54, 1.807) is 0 Å². The number of carbonyl (C=O) groups excluding carboxylic acids is 3. The van der Waals surface area contributed by atoms with Crippen molar-refractivity contribution in [1.82, 2.24) is 0 Å². The van der Waals surface area contributed by atoms with E-state index in [0.717, 1.165) is 116 Å². The molecule has 0 bridgehead atoms. The normalized spacial score (nSPS) is 19.1. The molecular formula is C55H96O12. The third-order valence-electron chi connectivity index (χ3n) is 12.2. The van der Waals surface area contributed by atoms with Crippen LogP contribution in [0, 0.1) is 0 Å². The van der Waals surface area contributed by atoms with Crippen LogP contribution in [0.15, 0.2) is 36.5 Å². The Kier molecular flexibility index (Phi) is 40.8. The molecule has 1 saturated heterocycles. The van der Waals surface area contributed by atoms with Crippen molar-refractivity contribution in [1.29, 1.82) is 0 Å². The second-order valence-corrected chi connectivity index (χ2v) is 18.5. The molecule has 0 aliphatic carbocycles. The van der Waals surface area contributed by atoms with Crippen LogP contribution in [0.25, 0.3) is 0 Å². The Balaban J connectivity index is 2.72. The van der Waals surface area contributed by atoms with E-state index in [1.807, 2.05) is 0 Å². The summed E-state index contributed by atoms with van der Waals surface area (Å²) in [7, 11) is 0. The van der Waals surface area contributed by atoms with Gasteiger partial charge in [-0.25, -0.2) is 4.79 Å². The number of hydrogen-bond acceptors (Lipinski definition) is 11. The number of aliphatic hydroxyl groups excluding tert-OH is 2. The number of hydrogen-bond donors (Lipinski definition) is 3. The van der Waals surface area contributed by atoms with Gasteiger partial charge in [0.05, 0.1) is 6.61 Å². The van der Waals surface area contributed by atoms with Crippen LogP contribution in [-0.4, -0.2) is 89.2 Å². The Labute approximate surface area is 406 Å². The maximum atomic E-state index is 13.0. The predicted octanol–water partition coefficient (Wildman–Crippen LogP) is 12.9. The van der Waals surface area contributed by atoms with Crippen molar-refractivity contribution in [3.8, 4) is 0 Å². The SMILES string of the molecule is CCCC/C=C\CCCCCCCC(=O)OCC(COC1OC(C(=O)O)C(O)C(O)C1OC(=O)CCCCCCC/C=C\CCCCCCCC)OC(=O)CCCCCCC/C=C\CCCC. The largest absolute Gasteiger partial charge is 0.479 e. The molecule has 1 aliphatic rings. The third kappa shape index (κ3) is 34.8. The van der Waals surface area contributed by atoms with Gasteiger partial charge in [0, 0.05) is 19.3 Å². The van der Waals surface area contributed by atoms with E-state index in [4.69, 9.17) is 23.7 Å². The molecule has 6 unspecified atom stereocenters. The van der Waals surface area contributed by atoms with E-state index in [1.165, 1.54) is 64.2 Å². The van der Waals surface area contributed by atoms with Gasteiger partial charge < -0.3 is 39.0 Å². The first-order valence-electron chi connectivity index (χ1n) is 27.0. The molecule has 67 heavy (non-hydrogen) atoms. The van der Waals surface area contributed by atoms with Crippen LogP contribution in [-0.2, 0) is 42.9 Å². The number of esters is 3. The molecule has 1 rings (SSSR count). The van der Waals surface area contributed by atoms with Gasteiger partial charge in [-0.3, -0.25) is 14.4 Å². The van der Waals surface area contributed by atoms with E-state index in [0.29, 0.717) is 19.3 Å². The number of carboxylic acids is 1. The zero-order chi connectivity index (χ0) is 49.0. The summed E-state index contributed by atoms with van der Waals surface area (Å²) < 4.78 is 28.3. The Morgan fingerprint density at radius 1 is 0.478 bits per heavy atom. The smallest absolute Gasteiger partial charge is 0.335 e. The number of carbonyl (C=O) groups is 4. The predicted molar refractivity (Wildman–Crippen MR) is 266 cm³/mol. The minimum Gasteiger partial charge on any atom is -0.479 e. The van der Waals surface area contributed by atoms with Gasteiger partial charge in [0.25, 0.3) is 0 Å². The fraction of sp³-hybridized carbons (Fsp3) is 0.818. The number of carboxylic acid groups (broad SMARTS) is 1. The fourth-order valence-electron chi connectivity index (χ4n) is 7.91. The summed E-state index contributed by atoms with van der Waals surface area (Å²) in [5.41, 5.74) is 0. The minimum absolute atomic E-state index is 0.0509. The van der Waals surface area contributed by atoms with Gasteiger partial charge in [0.15, 0.2) is 24.6 Å². The molecule has 1 fully saturated rings.